The molecule has 0 bridgehead atoms. The molecule has 1 heterocycles. The van der Waals surface area contributed by atoms with Crippen molar-refractivity contribution < 1.29 is 19.2 Å². The average molecular weight is 340 g/mol. The summed E-state index contributed by atoms with van der Waals surface area (Å²) in [7, 11) is 0. The third kappa shape index (κ3) is 4.68. The zero-order valence-electron chi connectivity index (χ0n) is 14.7. The maximum absolute atomic E-state index is 13.2. The van der Waals surface area contributed by atoms with E-state index >= 15 is 0 Å². The minimum Gasteiger partial charge on any atom is -0.494 e. The third-order valence-corrected chi connectivity index (χ3v) is 4.66. The first-order valence-corrected chi connectivity index (χ1v) is 9.01. The van der Waals surface area contributed by atoms with Crippen molar-refractivity contribution in [1.29, 1.82) is 0 Å². The average Bonchev–Trinajstić information content (AvgIpc) is 2.68. The number of nitrogens with one attached hydrogen (secondary N) is 1. The maximum Gasteiger partial charge on any atom is 0.175 e. The fourth-order valence-corrected chi connectivity index (χ4v) is 3.28. The van der Waals surface area contributed by atoms with Gasteiger partial charge in [-0.25, -0.2) is 0 Å². The van der Waals surface area contributed by atoms with Crippen molar-refractivity contribution in [3.8, 4) is 5.75 Å². The van der Waals surface area contributed by atoms with Crippen LogP contribution in [0.5, 0.6) is 5.75 Å². The number of carbonyl (C=O) groups is 1. The van der Waals surface area contributed by atoms with E-state index in [4.69, 9.17) is 9.47 Å². The van der Waals surface area contributed by atoms with Crippen LogP contribution < -0.4 is 9.64 Å². The van der Waals surface area contributed by atoms with Crippen molar-refractivity contribution >= 4 is 5.78 Å². The summed E-state index contributed by atoms with van der Waals surface area (Å²) in [5.74, 6) is 0.842. The lowest BCUT2D eigenvalue weighted by Crippen LogP contribution is -3.14. The van der Waals surface area contributed by atoms with Crippen LogP contribution in [0.4, 0.5) is 0 Å². The van der Waals surface area contributed by atoms with Gasteiger partial charge < -0.3 is 14.4 Å². The number of morpholine rings is 1. The van der Waals surface area contributed by atoms with Crippen LogP contribution >= 0.6 is 0 Å². The molecule has 1 aliphatic heterocycles. The van der Waals surface area contributed by atoms with E-state index in [0.29, 0.717) is 6.61 Å². The molecule has 4 heteroatoms. The first-order valence-electron chi connectivity index (χ1n) is 9.01. The molecule has 0 spiro atoms. The number of carbonyl (C=O) groups excluding carboxylic acids is 1. The SMILES string of the molecule is CCOc1ccc(C(=O)C(C[NH+]2CCOCC2)c2ccccc2)cc1. The van der Waals surface area contributed by atoms with Crippen molar-refractivity contribution in [1.82, 2.24) is 0 Å². The molecular weight excluding hydrogens is 314 g/mol. The van der Waals surface area contributed by atoms with E-state index in [1.54, 1.807) is 0 Å². The zero-order chi connectivity index (χ0) is 17.5. The summed E-state index contributed by atoms with van der Waals surface area (Å²) in [5.41, 5.74) is 1.82. The van der Waals surface area contributed by atoms with Crippen molar-refractivity contribution in [3.05, 3.63) is 65.7 Å². The summed E-state index contributed by atoms with van der Waals surface area (Å²) >= 11 is 0. The van der Waals surface area contributed by atoms with E-state index in [1.165, 1.54) is 4.90 Å². The highest BCUT2D eigenvalue weighted by Crippen LogP contribution is 2.21. The quantitative estimate of drug-likeness (QED) is 0.784. The number of Topliss-reactive ketones (excluding diaryl/α,β-unsaturated/α-hetero) is 1. The van der Waals surface area contributed by atoms with E-state index in [2.05, 4.69) is 12.1 Å². The number of ketones is 1. The molecule has 1 N–H and O–H groups in total. The molecule has 1 saturated heterocycles. The Morgan fingerprint density at radius 1 is 1.08 bits per heavy atom. The molecule has 132 valence electrons. The second kappa shape index (κ2) is 8.79. The highest BCUT2D eigenvalue weighted by Gasteiger charge is 2.28. The van der Waals surface area contributed by atoms with Gasteiger partial charge >= 0.3 is 0 Å². The predicted molar refractivity (Wildman–Crippen MR) is 97.5 cm³/mol. The van der Waals surface area contributed by atoms with Gasteiger partial charge in [0.1, 0.15) is 18.8 Å². The summed E-state index contributed by atoms with van der Waals surface area (Å²) in [4.78, 5) is 14.6. The normalized spacial score (nSPS) is 16.4. The first kappa shape index (κ1) is 17.6. The smallest absolute Gasteiger partial charge is 0.175 e. The molecule has 2 aromatic rings. The molecule has 1 unspecified atom stereocenters. The van der Waals surface area contributed by atoms with Crippen LogP contribution in [0.15, 0.2) is 54.6 Å². The Hall–Kier alpha value is -2.17. The van der Waals surface area contributed by atoms with Gasteiger partial charge in [0.25, 0.3) is 0 Å². The van der Waals surface area contributed by atoms with Crippen LogP contribution in [0.1, 0.15) is 28.8 Å². The lowest BCUT2D eigenvalue weighted by atomic mass is 9.90. The van der Waals surface area contributed by atoms with Gasteiger partial charge in [0.15, 0.2) is 5.78 Å². The van der Waals surface area contributed by atoms with Crippen molar-refractivity contribution in [3.63, 3.8) is 0 Å². The Morgan fingerprint density at radius 2 is 1.76 bits per heavy atom. The van der Waals surface area contributed by atoms with Crippen LogP contribution in [0.25, 0.3) is 0 Å². The highest BCUT2D eigenvalue weighted by molar-refractivity contribution is 6.01. The van der Waals surface area contributed by atoms with Gasteiger partial charge in [0.2, 0.25) is 0 Å². The molecule has 0 amide bonds. The molecule has 2 aromatic carbocycles. The number of rotatable bonds is 7. The standard InChI is InChI=1S/C21H25NO3/c1-2-25-19-10-8-18(9-11-19)21(23)20(17-6-4-3-5-7-17)16-22-12-14-24-15-13-22/h3-11,20H,2,12-16H2,1H3/p+1. The fourth-order valence-electron chi connectivity index (χ4n) is 3.28. The Labute approximate surface area is 149 Å². The molecule has 1 aliphatic rings. The summed E-state index contributed by atoms with van der Waals surface area (Å²) in [6, 6.07) is 17.6. The van der Waals surface area contributed by atoms with E-state index in [1.807, 2.05) is 49.4 Å². The van der Waals surface area contributed by atoms with Gasteiger partial charge in [-0.2, -0.15) is 0 Å². The largest absolute Gasteiger partial charge is 0.494 e. The van der Waals surface area contributed by atoms with E-state index in [9.17, 15) is 4.79 Å². The monoisotopic (exact) mass is 340 g/mol. The highest BCUT2D eigenvalue weighted by atomic mass is 16.5. The Kier molecular flexibility index (Phi) is 6.20. The Bertz CT molecular complexity index is 663. The van der Waals surface area contributed by atoms with Crippen LogP contribution in [-0.4, -0.2) is 45.2 Å². The van der Waals surface area contributed by atoms with Gasteiger partial charge in [-0.15, -0.1) is 0 Å². The molecule has 3 rings (SSSR count). The molecule has 0 saturated carbocycles. The fraction of sp³-hybridized carbons (Fsp3) is 0.381. The summed E-state index contributed by atoms with van der Waals surface area (Å²) in [6.45, 7) is 6.84. The van der Waals surface area contributed by atoms with E-state index in [-0.39, 0.29) is 11.7 Å². The van der Waals surface area contributed by atoms with Crippen molar-refractivity contribution in [2.75, 3.05) is 39.5 Å². The zero-order valence-corrected chi connectivity index (χ0v) is 14.7. The molecule has 0 aromatic heterocycles. The number of hydrogen-bond donors (Lipinski definition) is 1. The summed E-state index contributed by atoms with van der Waals surface area (Å²) < 4.78 is 10.9. The van der Waals surface area contributed by atoms with Gasteiger partial charge in [-0.1, -0.05) is 30.3 Å². The van der Waals surface area contributed by atoms with Gasteiger partial charge in [-0.05, 0) is 36.8 Å². The number of ether oxygens (including phenoxy) is 2. The molecular formula is C21H26NO3+. The van der Waals surface area contributed by atoms with Gasteiger partial charge in [0, 0.05) is 5.56 Å². The molecule has 0 aliphatic carbocycles. The van der Waals surface area contributed by atoms with Crippen LogP contribution in [0.3, 0.4) is 0 Å². The van der Waals surface area contributed by atoms with Crippen molar-refractivity contribution in [2.45, 2.75) is 12.8 Å². The molecule has 1 fully saturated rings. The molecule has 0 radical (unpaired) electrons. The first-order chi connectivity index (χ1) is 12.3. The second-order valence-electron chi connectivity index (χ2n) is 6.35. The Balaban J connectivity index is 1.81. The molecule has 4 nitrogen and oxygen atoms in total. The molecule has 25 heavy (non-hydrogen) atoms. The van der Waals surface area contributed by atoms with Crippen LogP contribution in [-0.2, 0) is 4.74 Å². The third-order valence-electron chi connectivity index (χ3n) is 4.66. The van der Waals surface area contributed by atoms with E-state index < -0.39 is 0 Å². The summed E-state index contributed by atoms with van der Waals surface area (Å²) in [5, 5.41) is 0. The number of quaternary nitrogens is 1. The van der Waals surface area contributed by atoms with Crippen LogP contribution in [0, 0.1) is 0 Å². The minimum absolute atomic E-state index is 0.132. The lowest BCUT2D eigenvalue weighted by molar-refractivity contribution is -0.908. The topological polar surface area (TPSA) is 40.0 Å². The van der Waals surface area contributed by atoms with Gasteiger partial charge in [0.05, 0.1) is 32.3 Å². The maximum atomic E-state index is 13.2. The van der Waals surface area contributed by atoms with E-state index in [0.717, 1.165) is 49.7 Å². The van der Waals surface area contributed by atoms with Crippen LogP contribution in [0.2, 0.25) is 0 Å². The van der Waals surface area contributed by atoms with Gasteiger partial charge in [-0.3, -0.25) is 4.79 Å². The lowest BCUT2D eigenvalue weighted by Gasteiger charge is -2.27. The minimum atomic E-state index is -0.132. The number of benzene rings is 2. The number of hydrogen-bond acceptors (Lipinski definition) is 3. The Morgan fingerprint density at radius 3 is 2.40 bits per heavy atom. The molecule has 1 atom stereocenters. The predicted octanol–water partition coefficient (Wildman–Crippen LogP) is 1.97. The summed E-state index contributed by atoms with van der Waals surface area (Å²) in [6.07, 6.45) is 0. The second-order valence-corrected chi connectivity index (χ2v) is 6.35. The van der Waals surface area contributed by atoms with Crippen molar-refractivity contribution in [2.24, 2.45) is 0 Å².